The Bertz CT molecular complexity index is 254. The van der Waals surface area contributed by atoms with Crippen molar-refractivity contribution in [3.05, 3.63) is 29.0 Å². The quantitative estimate of drug-likeness (QED) is 0.720. The lowest BCUT2D eigenvalue weighted by atomic mass is 10.3. The lowest BCUT2D eigenvalue weighted by Crippen LogP contribution is -1.91. The molecule has 0 bridgehead atoms. The van der Waals surface area contributed by atoms with Gasteiger partial charge in [-0.25, -0.2) is 4.39 Å². The number of benzene rings is 1. The molecule has 0 aliphatic rings. The second kappa shape index (κ2) is 3.93. The molecular formula is C7H5BrClFO. The second-order valence-electron chi connectivity index (χ2n) is 1.83. The van der Waals surface area contributed by atoms with Crippen molar-refractivity contribution in [1.29, 1.82) is 0 Å². The molecule has 0 aliphatic heterocycles. The van der Waals surface area contributed by atoms with Gasteiger partial charge in [0, 0.05) is 5.02 Å². The summed E-state index contributed by atoms with van der Waals surface area (Å²) in [5, 5.41) is 0.365. The van der Waals surface area contributed by atoms with Crippen LogP contribution in [0.2, 0.25) is 5.02 Å². The van der Waals surface area contributed by atoms with Gasteiger partial charge in [-0.15, -0.1) is 0 Å². The molecule has 0 saturated heterocycles. The molecule has 0 radical (unpaired) electrons. The maximum Gasteiger partial charge on any atom is 0.166 e. The third kappa shape index (κ3) is 2.34. The van der Waals surface area contributed by atoms with Crippen molar-refractivity contribution in [3.8, 4) is 5.75 Å². The van der Waals surface area contributed by atoms with E-state index in [1.165, 1.54) is 12.1 Å². The Hall–Kier alpha value is -0.280. The summed E-state index contributed by atoms with van der Waals surface area (Å²) in [5.41, 5.74) is 0.269. The number of hydrogen-bond acceptors (Lipinski definition) is 1. The van der Waals surface area contributed by atoms with Gasteiger partial charge in [-0.3, -0.25) is 0 Å². The van der Waals surface area contributed by atoms with Crippen molar-refractivity contribution >= 4 is 27.5 Å². The molecule has 0 aliphatic carbocycles. The van der Waals surface area contributed by atoms with E-state index in [1.54, 1.807) is 6.07 Å². The monoisotopic (exact) mass is 238 g/mol. The largest absolute Gasteiger partial charge is 0.479 e. The molecule has 0 saturated carbocycles. The molecule has 1 aromatic carbocycles. The number of rotatable bonds is 2. The standard InChI is InChI=1S/C7H5BrClFO/c8-4-11-7-2-1-5(9)3-6(7)10/h1-3H,4H2. The van der Waals surface area contributed by atoms with Gasteiger partial charge in [-0.05, 0) is 34.1 Å². The Kier molecular flexibility index (Phi) is 3.15. The van der Waals surface area contributed by atoms with Gasteiger partial charge in [0.15, 0.2) is 11.6 Å². The molecule has 0 atom stereocenters. The van der Waals surface area contributed by atoms with Crippen LogP contribution < -0.4 is 4.74 Å². The highest BCUT2D eigenvalue weighted by molar-refractivity contribution is 9.09. The van der Waals surface area contributed by atoms with E-state index >= 15 is 0 Å². The first-order valence-electron chi connectivity index (χ1n) is 2.88. The first-order valence-corrected chi connectivity index (χ1v) is 4.38. The summed E-state index contributed by atoms with van der Waals surface area (Å²) in [6.07, 6.45) is 0. The van der Waals surface area contributed by atoms with E-state index in [4.69, 9.17) is 16.3 Å². The van der Waals surface area contributed by atoms with Crippen LogP contribution in [0.15, 0.2) is 18.2 Å². The van der Waals surface area contributed by atoms with Gasteiger partial charge in [0.2, 0.25) is 0 Å². The molecule has 0 N–H and O–H groups in total. The van der Waals surface area contributed by atoms with Crippen molar-refractivity contribution in [2.24, 2.45) is 0 Å². The minimum absolute atomic E-state index is 0.200. The predicted octanol–water partition coefficient (Wildman–Crippen LogP) is 3.21. The molecular weight excluding hydrogens is 234 g/mol. The topological polar surface area (TPSA) is 9.23 Å². The van der Waals surface area contributed by atoms with Gasteiger partial charge in [-0.2, -0.15) is 0 Å². The highest BCUT2D eigenvalue weighted by Gasteiger charge is 2.01. The highest BCUT2D eigenvalue weighted by atomic mass is 79.9. The summed E-state index contributed by atoms with van der Waals surface area (Å²) < 4.78 is 17.7. The molecule has 1 aromatic rings. The summed E-state index contributed by atoms with van der Waals surface area (Å²) >= 11 is 8.53. The van der Waals surface area contributed by atoms with Crippen LogP contribution in [0.4, 0.5) is 4.39 Å². The maximum atomic E-state index is 12.8. The zero-order valence-electron chi connectivity index (χ0n) is 5.48. The first kappa shape index (κ1) is 8.81. The van der Waals surface area contributed by atoms with E-state index in [9.17, 15) is 4.39 Å². The third-order valence-electron chi connectivity index (χ3n) is 1.10. The van der Waals surface area contributed by atoms with Crippen LogP contribution in [0.1, 0.15) is 0 Å². The van der Waals surface area contributed by atoms with Gasteiger partial charge in [0.1, 0.15) is 5.52 Å². The molecule has 0 aromatic heterocycles. The summed E-state index contributed by atoms with van der Waals surface area (Å²) in [7, 11) is 0. The van der Waals surface area contributed by atoms with Crippen LogP contribution >= 0.6 is 27.5 Å². The van der Waals surface area contributed by atoms with E-state index in [1.807, 2.05) is 0 Å². The normalized spacial score (nSPS) is 9.73. The van der Waals surface area contributed by atoms with Crippen molar-refractivity contribution in [1.82, 2.24) is 0 Å². The number of alkyl halides is 1. The summed E-state index contributed by atoms with van der Waals surface area (Å²) in [6, 6.07) is 4.26. The average Bonchev–Trinajstić information content (AvgIpc) is 1.95. The summed E-state index contributed by atoms with van der Waals surface area (Å²) in [6.45, 7) is 0. The van der Waals surface area contributed by atoms with Crippen LogP contribution in [-0.4, -0.2) is 5.52 Å². The van der Waals surface area contributed by atoms with E-state index < -0.39 is 5.82 Å². The molecule has 0 fully saturated rings. The van der Waals surface area contributed by atoms with Gasteiger partial charge < -0.3 is 4.74 Å². The smallest absolute Gasteiger partial charge is 0.166 e. The minimum atomic E-state index is -0.447. The zero-order chi connectivity index (χ0) is 8.27. The van der Waals surface area contributed by atoms with E-state index in [0.29, 0.717) is 5.02 Å². The number of hydrogen-bond donors (Lipinski definition) is 0. The molecule has 0 amide bonds. The fourth-order valence-electron chi connectivity index (χ4n) is 0.651. The predicted molar refractivity (Wildman–Crippen MR) is 45.8 cm³/mol. The molecule has 0 spiro atoms. The zero-order valence-corrected chi connectivity index (χ0v) is 7.82. The van der Waals surface area contributed by atoms with Crippen molar-refractivity contribution in [2.45, 2.75) is 0 Å². The maximum absolute atomic E-state index is 12.8. The third-order valence-corrected chi connectivity index (χ3v) is 1.57. The molecule has 1 rings (SSSR count). The average molecular weight is 239 g/mol. The summed E-state index contributed by atoms with van der Waals surface area (Å²) in [5.74, 6) is -0.247. The summed E-state index contributed by atoms with van der Waals surface area (Å²) in [4.78, 5) is 0. The van der Waals surface area contributed by atoms with Crippen molar-refractivity contribution in [2.75, 3.05) is 5.52 Å². The van der Waals surface area contributed by atoms with Gasteiger partial charge >= 0.3 is 0 Å². The van der Waals surface area contributed by atoms with Crippen molar-refractivity contribution < 1.29 is 9.13 Å². The lowest BCUT2D eigenvalue weighted by molar-refractivity contribution is 0.372. The fourth-order valence-corrected chi connectivity index (χ4v) is 1.06. The van der Waals surface area contributed by atoms with Crippen LogP contribution in [0, 0.1) is 5.82 Å². The minimum Gasteiger partial charge on any atom is -0.479 e. The second-order valence-corrected chi connectivity index (χ2v) is 2.72. The van der Waals surface area contributed by atoms with Gasteiger partial charge in [0.25, 0.3) is 0 Å². The Labute approximate surface area is 77.2 Å². The Morgan fingerprint density at radius 2 is 2.27 bits per heavy atom. The SMILES string of the molecule is Fc1cc(Cl)ccc1OCBr. The lowest BCUT2D eigenvalue weighted by Gasteiger charge is -2.02. The van der Waals surface area contributed by atoms with Gasteiger partial charge in [-0.1, -0.05) is 11.6 Å². The Balaban J connectivity index is 2.90. The van der Waals surface area contributed by atoms with Crippen LogP contribution in [0.3, 0.4) is 0 Å². The van der Waals surface area contributed by atoms with Crippen molar-refractivity contribution in [3.63, 3.8) is 0 Å². The Morgan fingerprint density at radius 3 is 2.82 bits per heavy atom. The van der Waals surface area contributed by atoms with Crippen LogP contribution in [-0.2, 0) is 0 Å². The van der Waals surface area contributed by atoms with Crippen LogP contribution in [0.25, 0.3) is 0 Å². The van der Waals surface area contributed by atoms with E-state index in [-0.39, 0.29) is 11.3 Å². The van der Waals surface area contributed by atoms with Gasteiger partial charge in [0.05, 0.1) is 0 Å². The highest BCUT2D eigenvalue weighted by Crippen LogP contribution is 2.21. The van der Waals surface area contributed by atoms with Crippen LogP contribution in [0.5, 0.6) is 5.75 Å². The van der Waals surface area contributed by atoms with E-state index in [2.05, 4.69) is 15.9 Å². The molecule has 1 nitrogen and oxygen atoms in total. The molecule has 11 heavy (non-hydrogen) atoms. The molecule has 0 unspecified atom stereocenters. The first-order chi connectivity index (χ1) is 5.24. The molecule has 4 heteroatoms. The number of ether oxygens (including phenoxy) is 1. The molecule has 60 valence electrons. The Morgan fingerprint density at radius 1 is 1.55 bits per heavy atom. The van der Waals surface area contributed by atoms with E-state index in [0.717, 1.165) is 0 Å². The fraction of sp³-hybridized carbons (Fsp3) is 0.143. The molecule has 0 heterocycles. The number of halogens is 3.